The van der Waals surface area contributed by atoms with E-state index in [4.69, 9.17) is 9.47 Å². The van der Waals surface area contributed by atoms with Gasteiger partial charge in [-0.1, -0.05) is 18.2 Å². The minimum absolute atomic E-state index is 0.597. The second kappa shape index (κ2) is 7.88. The Kier molecular flexibility index (Phi) is 5.87. The lowest BCUT2D eigenvalue weighted by Crippen LogP contribution is -2.39. The Labute approximate surface area is 127 Å². The standard InChI is InChI=1S/C16H25N3O2/c1-17-16(19-9-8-13(11-19)12-20-2)18-10-14-6-4-5-7-15(14)21-3/h4-7,13H,8-12H2,1-3H3,(H,17,18). The van der Waals surface area contributed by atoms with E-state index in [9.17, 15) is 0 Å². The van der Waals surface area contributed by atoms with Gasteiger partial charge in [0.2, 0.25) is 0 Å². The second-order valence-corrected chi connectivity index (χ2v) is 5.27. The lowest BCUT2D eigenvalue weighted by Gasteiger charge is -2.22. The number of likely N-dealkylation sites (tertiary alicyclic amines) is 1. The van der Waals surface area contributed by atoms with Crippen LogP contribution >= 0.6 is 0 Å². The second-order valence-electron chi connectivity index (χ2n) is 5.27. The molecule has 5 nitrogen and oxygen atoms in total. The molecule has 1 unspecified atom stereocenters. The molecule has 2 rings (SSSR count). The fraction of sp³-hybridized carbons (Fsp3) is 0.562. The molecule has 0 aliphatic carbocycles. The smallest absolute Gasteiger partial charge is 0.193 e. The number of methoxy groups -OCH3 is 2. The van der Waals surface area contributed by atoms with Crippen molar-refractivity contribution in [3.63, 3.8) is 0 Å². The van der Waals surface area contributed by atoms with Gasteiger partial charge in [-0.2, -0.15) is 0 Å². The molecule has 1 aromatic carbocycles. The maximum Gasteiger partial charge on any atom is 0.193 e. The maximum atomic E-state index is 5.38. The van der Waals surface area contributed by atoms with Gasteiger partial charge < -0.3 is 19.7 Å². The molecule has 0 aromatic heterocycles. The zero-order valence-electron chi connectivity index (χ0n) is 13.1. The molecule has 1 aliphatic heterocycles. The monoisotopic (exact) mass is 291 g/mol. The number of guanidine groups is 1. The van der Waals surface area contributed by atoms with Crippen molar-refractivity contribution in [3.8, 4) is 5.75 Å². The van der Waals surface area contributed by atoms with Crippen LogP contribution in [0.15, 0.2) is 29.3 Å². The number of aliphatic imine (C=N–C) groups is 1. The van der Waals surface area contributed by atoms with Crippen molar-refractivity contribution in [1.29, 1.82) is 0 Å². The number of ether oxygens (including phenoxy) is 2. The van der Waals surface area contributed by atoms with E-state index in [1.54, 1.807) is 14.2 Å². The molecule has 1 fully saturated rings. The van der Waals surface area contributed by atoms with E-state index in [1.807, 2.05) is 25.2 Å². The highest BCUT2D eigenvalue weighted by Gasteiger charge is 2.24. The van der Waals surface area contributed by atoms with Gasteiger partial charge in [-0.05, 0) is 12.5 Å². The number of hydrogen-bond donors (Lipinski definition) is 1. The largest absolute Gasteiger partial charge is 0.496 e. The number of nitrogens with zero attached hydrogens (tertiary/aromatic N) is 2. The molecule has 0 bridgehead atoms. The molecule has 1 saturated heterocycles. The molecule has 0 saturated carbocycles. The number of para-hydroxylation sites is 1. The molecule has 1 aromatic rings. The summed E-state index contributed by atoms with van der Waals surface area (Å²) in [6, 6.07) is 8.04. The lowest BCUT2D eigenvalue weighted by atomic mass is 10.1. The molecule has 1 atom stereocenters. The first kappa shape index (κ1) is 15.6. The van der Waals surface area contributed by atoms with Crippen LogP contribution in [0.2, 0.25) is 0 Å². The van der Waals surface area contributed by atoms with Crippen LogP contribution in [-0.2, 0) is 11.3 Å². The predicted octanol–water partition coefficient (Wildman–Crippen LogP) is 1.74. The van der Waals surface area contributed by atoms with Crippen LogP contribution in [0.25, 0.3) is 0 Å². The van der Waals surface area contributed by atoms with Crippen molar-refractivity contribution in [2.24, 2.45) is 10.9 Å². The van der Waals surface area contributed by atoms with E-state index >= 15 is 0 Å². The molecule has 21 heavy (non-hydrogen) atoms. The Hall–Kier alpha value is -1.75. The Morgan fingerprint density at radius 1 is 1.38 bits per heavy atom. The third-order valence-electron chi connectivity index (χ3n) is 3.83. The first-order valence-corrected chi connectivity index (χ1v) is 7.35. The van der Waals surface area contributed by atoms with E-state index in [0.717, 1.165) is 43.4 Å². The summed E-state index contributed by atoms with van der Waals surface area (Å²) in [4.78, 5) is 6.68. The summed E-state index contributed by atoms with van der Waals surface area (Å²) >= 11 is 0. The van der Waals surface area contributed by atoms with Crippen molar-refractivity contribution in [2.45, 2.75) is 13.0 Å². The van der Waals surface area contributed by atoms with Gasteiger partial charge in [0.1, 0.15) is 5.75 Å². The summed E-state index contributed by atoms with van der Waals surface area (Å²) in [6.07, 6.45) is 1.16. The Balaban J connectivity index is 1.92. The van der Waals surface area contributed by atoms with Crippen LogP contribution in [0.5, 0.6) is 5.75 Å². The zero-order chi connectivity index (χ0) is 15.1. The molecule has 0 amide bonds. The first-order chi connectivity index (χ1) is 10.3. The first-order valence-electron chi connectivity index (χ1n) is 7.35. The highest BCUT2D eigenvalue weighted by Crippen LogP contribution is 2.18. The van der Waals surface area contributed by atoms with Gasteiger partial charge in [0.05, 0.1) is 13.7 Å². The minimum Gasteiger partial charge on any atom is -0.496 e. The van der Waals surface area contributed by atoms with E-state index in [0.29, 0.717) is 12.5 Å². The topological polar surface area (TPSA) is 46.1 Å². The van der Waals surface area contributed by atoms with Crippen molar-refractivity contribution in [3.05, 3.63) is 29.8 Å². The van der Waals surface area contributed by atoms with Gasteiger partial charge >= 0.3 is 0 Å². The van der Waals surface area contributed by atoms with Crippen LogP contribution in [0.4, 0.5) is 0 Å². The van der Waals surface area contributed by atoms with Crippen LogP contribution in [0, 0.1) is 5.92 Å². The van der Waals surface area contributed by atoms with Crippen molar-refractivity contribution >= 4 is 5.96 Å². The fourth-order valence-electron chi connectivity index (χ4n) is 2.75. The SMILES string of the molecule is CN=C(NCc1ccccc1OC)N1CCC(COC)C1. The average molecular weight is 291 g/mol. The maximum absolute atomic E-state index is 5.38. The van der Waals surface area contributed by atoms with Gasteiger partial charge in [0.25, 0.3) is 0 Å². The highest BCUT2D eigenvalue weighted by molar-refractivity contribution is 5.80. The van der Waals surface area contributed by atoms with Gasteiger partial charge in [0, 0.05) is 45.3 Å². The minimum atomic E-state index is 0.597. The quantitative estimate of drug-likeness (QED) is 0.663. The lowest BCUT2D eigenvalue weighted by molar-refractivity contribution is 0.157. The summed E-state index contributed by atoms with van der Waals surface area (Å²) in [5.74, 6) is 2.44. The molecular formula is C16H25N3O2. The summed E-state index contributed by atoms with van der Waals surface area (Å²) < 4.78 is 10.6. The Morgan fingerprint density at radius 2 is 2.19 bits per heavy atom. The Bertz CT molecular complexity index is 476. The third kappa shape index (κ3) is 4.11. The summed E-state index contributed by atoms with van der Waals surface area (Å²) in [6.45, 7) is 3.56. The van der Waals surface area contributed by atoms with E-state index in [2.05, 4.69) is 21.3 Å². The van der Waals surface area contributed by atoms with E-state index in [-0.39, 0.29) is 0 Å². The van der Waals surface area contributed by atoms with E-state index < -0.39 is 0 Å². The number of benzene rings is 1. The predicted molar refractivity (Wildman–Crippen MR) is 84.7 cm³/mol. The molecule has 5 heteroatoms. The molecule has 0 radical (unpaired) electrons. The van der Waals surface area contributed by atoms with Gasteiger partial charge in [-0.25, -0.2) is 0 Å². The number of hydrogen-bond acceptors (Lipinski definition) is 3. The molecule has 1 aliphatic rings. The van der Waals surface area contributed by atoms with Crippen molar-refractivity contribution < 1.29 is 9.47 Å². The van der Waals surface area contributed by atoms with Gasteiger partial charge in [0.15, 0.2) is 5.96 Å². The average Bonchev–Trinajstić information content (AvgIpc) is 2.97. The highest BCUT2D eigenvalue weighted by atomic mass is 16.5. The van der Waals surface area contributed by atoms with Gasteiger partial charge in [-0.3, -0.25) is 4.99 Å². The van der Waals surface area contributed by atoms with Crippen LogP contribution in [0.1, 0.15) is 12.0 Å². The number of rotatable bonds is 5. The van der Waals surface area contributed by atoms with Crippen LogP contribution < -0.4 is 10.1 Å². The van der Waals surface area contributed by atoms with Crippen molar-refractivity contribution in [1.82, 2.24) is 10.2 Å². The van der Waals surface area contributed by atoms with Gasteiger partial charge in [-0.15, -0.1) is 0 Å². The fourth-order valence-corrected chi connectivity index (χ4v) is 2.75. The third-order valence-corrected chi connectivity index (χ3v) is 3.83. The Morgan fingerprint density at radius 3 is 2.90 bits per heavy atom. The van der Waals surface area contributed by atoms with E-state index in [1.165, 1.54) is 0 Å². The summed E-state index contributed by atoms with van der Waals surface area (Å²) in [5, 5.41) is 3.42. The molecular weight excluding hydrogens is 266 g/mol. The van der Waals surface area contributed by atoms with Crippen LogP contribution in [-0.4, -0.2) is 51.8 Å². The summed E-state index contributed by atoms with van der Waals surface area (Å²) in [7, 11) is 5.29. The van der Waals surface area contributed by atoms with Crippen LogP contribution in [0.3, 0.4) is 0 Å². The van der Waals surface area contributed by atoms with Crippen molar-refractivity contribution in [2.75, 3.05) is 41.0 Å². The molecule has 1 N–H and O–H groups in total. The molecule has 116 valence electrons. The molecule has 1 heterocycles. The zero-order valence-corrected chi connectivity index (χ0v) is 13.1. The molecule has 0 spiro atoms. The normalized spacial score (nSPS) is 18.9. The summed E-state index contributed by atoms with van der Waals surface area (Å²) in [5.41, 5.74) is 1.13. The number of nitrogens with one attached hydrogen (secondary N) is 1.